The van der Waals surface area contributed by atoms with Gasteiger partial charge in [-0.1, -0.05) is 22.4 Å². The van der Waals surface area contributed by atoms with Crippen LogP contribution in [0.4, 0.5) is 0 Å². The first-order valence-electron chi connectivity index (χ1n) is 6.00. The topological polar surface area (TPSA) is 61.6 Å². The van der Waals surface area contributed by atoms with Gasteiger partial charge in [0.1, 0.15) is 0 Å². The summed E-state index contributed by atoms with van der Waals surface area (Å²) in [6.07, 6.45) is 4.07. The predicted octanol–water partition coefficient (Wildman–Crippen LogP) is 2.37. The summed E-state index contributed by atoms with van der Waals surface area (Å²) in [5, 5.41) is 0. The minimum atomic E-state index is -0.0297. The Balaban J connectivity index is 2.21. The molecule has 0 bridgehead atoms. The van der Waals surface area contributed by atoms with Gasteiger partial charge < -0.3 is 15.2 Å². The van der Waals surface area contributed by atoms with Crippen LogP contribution in [0.2, 0.25) is 0 Å². The van der Waals surface area contributed by atoms with Crippen molar-refractivity contribution in [1.82, 2.24) is 0 Å². The van der Waals surface area contributed by atoms with Crippen molar-refractivity contribution in [2.24, 2.45) is 5.73 Å². The lowest BCUT2D eigenvalue weighted by molar-refractivity contribution is 0.111. The van der Waals surface area contributed by atoms with Gasteiger partial charge in [0, 0.05) is 22.0 Å². The van der Waals surface area contributed by atoms with Gasteiger partial charge in [-0.25, -0.2) is 0 Å². The van der Waals surface area contributed by atoms with Crippen molar-refractivity contribution in [2.75, 3.05) is 13.3 Å². The zero-order valence-electron chi connectivity index (χ0n) is 9.87. The van der Waals surface area contributed by atoms with Crippen molar-refractivity contribution < 1.29 is 14.3 Å². The number of aldehydes is 1. The summed E-state index contributed by atoms with van der Waals surface area (Å²) in [4.78, 5) is 11.1. The van der Waals surface area contributed by atoms with Gasteiger partial charge in [-0.15, -0.1) is 0 Å². The molecule has 1 aliphatic heterocycles. The van der Waals surface area contributed by atoms with E-state index in [1.54, 1.807) is 6.07 Å². The number of halogens is 1. The molecular weight excluding hydrogens is 298 g/mol. The highest BCUT2D eigenvalue weighted by Gasteiger charge is 2.43. The average molecular weight is 312 g/mol. The fourth-order valence-electron chi connectivity index (χ4n) is 2.80. The van der Waals surface area contributed by atoms with E-state index in [1.807, 2.05) is 0 Å². The Hall–Kier alpha value is -1.07. The molecule has 1 aromatic carbocycles. The minimum absolute atomic E-state index is 0.0297. The van der Waals surface area contributed by atoms with Crippen molar-refractivity contribution in [3.8, 4) is 11.5 Å². The summed E-state index contributed by atoms with van der Waals surface area (Å²) in [7, 11) is 0. The molecule has 0 spiro atoms. The molecule has 0 radical (unpaired) electrons. The summed E-state index contributed by atoms with van der Waals surface area (Å²) in [5.41, 5.74) is 7.50. The van der Waals surface area contributed by atoms with E-state index in [4.69, 9.17) is 15.2 Å². The largest absolute Gasteiger partial charge is 0.453 e. The standard InChI is InChI=1S/C13H14BrNO3/c14-9-4-8(5-16)11-12(18-7-17-11)10(9)13(6-15)2-1-3-13/h4-5H,1-3,6-7,15H2. The maximum Gasteiger partial charge on any atom is 0.231 e. The van der Waals surface area contributed by atoms with Gasteiger partial charge in [0.05, 0.1) is 5.56 Å². The molecular formula is C13H14BrNO3. The van der Waals surface area contributed by atoms with Gasteiger partial charge in [0.25, 0.3) is 0 Å². The van der Waals surface area contributed by atoms with E-state index >= 15 is 0 Å². The third-order valence-corrected chi connectivity index (χ3v) is 4.61. The van der Waals surface area contributed by atoms with Gasteiger partial charge in [-0.3, -0.25) is 4.79 Å². The molecule has 18 heavy (non-hydrogen) atoms. The van der Waals surface area contributed by atoms with Crippen LogP contribution in [0.25, 0.3) is 0 Å². The number of carbonyl (C=O) groups is 1. The fraction of sp³-hybridized carbons (Fsp3) is 0.462. The number of rotatable bonds is 3. The van der Waals surface area contributed by atoms with Crippen LogP contribution in [-0.4, -0.2) is 19.6 Å². The molecule has 1 fully saturated rings. The summed E-state index contributed by atoms with van der Waals surface area (Å²) < 4.78 is 11.9. The lowest BCUT2D eigenvalue weighted by Gasteiger charge is -2.42. The fourth-order valence-corrected chi connectivity index (χ4v) is 3.65. The highest BCUT2D eigenvalue weighted by atomic mass is 79.9. The Kier molecular flexibility index (Phi) is 2.83. The number of nitrogens with two attached hydrogens (primary N) is 1. The van der Waals surface area contributed by atoms with Crippen molar-refractivity contribution in [3.05, 3.63) is 21.7 Å². The first-order valence-corrected chi connectivity index (χ1v) is 6.79. The van der Waals surface area contributed by atoms with E-state index in [1.165, 1.54) is 6.42 Å². The van der Waals surface area contributed by atoms with Crippen LogP contribution in [0.5, 0.6) is 11.5 Å². The second kappa shape index (κ2) is 4.24. The summed E-state index contributed by atoms with van der Waals surface area (Å²) in [6, 6.07) is 1.80. The Bertz CT molecular complexity index is 506. The van der Waals surface area contributed by atoms with Gasteiger partial charge in [0.2, 0.25) is 6.79 Å². The quantitative estimate of drug-likeness (QED) is 0.871. The van der Waals surface area contributed by atoms with Gasteiger partial charge in [-0.2, -0.15) is 0 Å². The molecule has 2 N–H and O–H groups in total. The molecule has 1 heterocycles. The number of fused-ring (bicyclic) bond motifs is 1. The van der Waals surface area contributed by atoms with Crippen LogP contribution in [-0.2, 0) is 5.41 Å². The lowest BCUT2D eigenvalue weighted by atomic mass is 9.64. The van der Waals surface area contributed by atoms with Crippen LogP contribution >= 0.6 is 15.9 Å². The van der Waals surface area contributed by atoms with E-state index in [0.717, 1.165) is 29.2 Å². The van der Waals surface area contributed by atoms with Crippen LogP contribution in [0, 0.1) is 0 Å². The summed E-state index contributed by atoms with van der Waals surface area (Å²) >= 11 is 3.54. The molecule has 0 amide bonds. The van der Waals surface area contributed by atoms with Gasteiger partial charge >= 0.3 is 0 Å². The van der Waals surface area contributed by atoms with E-state index in [-0.39, 0.29) is 12.2 Å². The monoisotopic (exact) mass is 311 g/mol. The Morgan fingerprint density at radius 2 is 2.11 bits per heavy atom. The Labute approximate surface area is 114 Å². The molecule has 0 aromatic heterocycles. The smallest absolute Gasteiger partial charge is 0.231 e. The van der Waals surface area contributed by atoms with Crippen LogP contribution in [0.15, 0.2) is 10.5 Å². The summed E-state index contributed by atoms with van der Waals surface area (Å²) in [6.45, 7) is 0.752. The highest BCUT2D eigenvalue weighted by Crippen LogP contribution is 2.53. The van der Waals surface area contributed by atoms with Crippen LogP contribution in [0.1, 0.15) is 35.2 Å². The number of benzene rings is 1. The number of hydrogen-bond acceptors (Lipinski definition) is 4. The predicted molar refractivity (Wildman–Crippen MR) is 70.2 cm³/mol. The van der Waals surface area contributed by atoms with Gasteiger partial charge in [-0.05, 0) is 18.9 Å². The lowest BCUT2D eigenvalue weighted by Crippen LogP contribution is -2.42. The molecule has 5 heteroatoms. The zero-order chi connectivity index (χ0) is 12.8. The molecule has 2 aliphatic rings. The number of carbonyl (C=O) groups excluding carboxylic acids is 1. The molecule has 96 valence electrons. The van der Waals surface area contributed by atoms with Crippen molar-refractivity contribution >= 4 is 22.2 Å². The normalized spacial score (nSPS) is 19.4. The molecule has 0 saturated heterocycles. The third-order valence-electron chi connectivity index (χ3n) is 3.98. The van der Waals surface area contributed by atoms with E-state index in [2.05, 4.69) is 15.9 Å². The van der Waals surface area contributed by atoms with Crippen molar-refractivity contribution in [1.29, 1.82) is 0 Å². The van der Waals surface area contributed by atoms with Gasteiger partial charge in [0.15, 0.2) is 17.8 Å². The molecule has 0 atom stereocenters. The number of hydrogen-bond donors (Lipinski definition) is 1. The Morgan fingerprint density at radius 3 is 2.67 bits per heavy atom. The molecule has 4 nitrogen and oxygen atoms in total. The molecule has 1 aliphatic carbocycles. The first-order chi connectivity index (χ1) is 8.72. The maximum absolute atomic E-state index is 11.1. The SMILES string of the molecule is NCC1(c2c(Br)cc(C=O)c3c2OCO3)CCC1. The van der Waals surface area contributed by atoms with E-state index in [0.29, 0.717) is 23.6 Å². The first kappa shape index (κ1) is 12.0. The van der Waals surface area contributed by atoms with E-state index in [9.17, 15) is 4.79 Å². The van der Waals surface area contributed by atoms with Crippen LogP contribution < -0.4 is 15.2 Å². The van der Waals surface area contributed by atoms with Crippen molar-refractivity contribution in [3.63, 3.8) is 0 Å². The summed E-state index contributed by atoms with van der Waals surface area (Å²) in [5.74, 6) is 1.25. The second-order valence-electron chi connectivity index (χ2n) is 4.84. The van der Waals surface area contributed by atoms with Crippen LogP contribution in [0.3, 0.4) is 0 Å². The minimum Gasteiger partial charge on any atom is -0.453 e. The van der Waals surface area contributed by atoms with Crippen molar-refractivity contribution in [2.45, 2.75) is 24.7 Å². The molecule has 0 unspecified atom stereocenters. The molecule has 1 aromatic rings. The highest BCUT2D eigenvalue weighted by molar-refractivity contribution is 9.10. The second-order valence-corrected chi connectivity index (χ2v) is 5.70. The third kappa shape index (κ3) is 1.50. The average Bonchev–Trinajstić information content (AvgIpc) is 2.79. The number of ether oxygens (including phenoxy) is 2. The van der Waals surface area contributed by atoms with E-state index < -0.39 is 0 Å². The maximum atomic E-state index is 11.1. The Morgan fingerprint density at radius 1 is 1.39 bits per heavy atom. The zero-order valence-corrected chi connectivity index (χ0v) is 11.5. The molecule has 1 saturated carbocycles. The molecule has 3 rings (SSSR count).